The van der Waals surface area contributed by atoms with Gasteiger partial charge in [-0.1, -0.05) is 25.1 Å². The van der Waals surface area contributed by atoms with E-state index in [9.17, 15) is 31.5 Å². The second-order valence-electron chi connectivity index (χ2n) is 10.6. The van der Waals surface area contributed by atoms with Crippen molar-refractivity contribution in [1.29, 1.82) is 0 Å². The van der Waals surface area contributed by atoms with Gasteiger partial charge in [-0.15, -0.1) is 11.3 Å². The molecular formula is C29H34F3N3O5S2. The van der Waals surface area contributed by atoms with Crippen molar-refractivity contribution in [1.82, 2.24) is 9.80 Å². The minimum atomic E-state index is -4.41. The zero-order valence-electron chi connectivity index (χ0n) is 23.5. The van der Waals surface area contributed by atoms with Crippen LogP contribution < -0.4 is 9.46 Å². The predicted octanol–water partition coefficient (Wildman–Crippen LogP) is 4.85. The van der Waals surface area contributed by atoms with Gasteiger partial charge in [0, 0.05) is 36.8 Å². The van der Waals surface area contributed by atoms with E-state index in [1.54, 1.807) is 41.5 Å². The molecule has 0 bridgehead atoms. The first kappa shape index (κ1) is 31.8. The Morgan fingerprint density at radius 3 is 2.52 bits per heavy atom. The minimum absolute atomic E-state index is 0.0604. The molecule has 0 spiro atoms. The first-order valence-corrected chi connectivity index (χ1v) is 15.7. The number of ether oxygens (including phenoxy) is 1. The summed E-state index contributed by atoms with van der Waals surface area (Å²) in [6, 6.07) is 12.5. The average molecular weight is 626 g/mol. The molecule has 42 heavy (non-hydrogen) atoms. The number of carbonyl (C=O) groups excluding carboxylic acids is 1. The molecule has 3 atom stereocenters. The quantitative estimate of drug-likeness (QED) is 0.353. The number of thiophene rings is 1. The summed E-state index contributed by atoms with van der Waals surface area (Å²) < 4.78 is 73.7. The Kier molecular flexibility index (Phi) is 9.86. The van der Waals surface area contributed by atoms with E-state index in [0.717, 1.165) is 23.5 Å². The molecule has 8 nitrogen and oxygen atoms in total. The van der Waals surface area contributed by atoms with E-state index in [-0.39, 0.29) is 34.7 Å². The summed E-state index contributed by atoms with van der Waals surface area (Å²) in [6.45, 7) is 4.54. The van der Waals surface area contributed by atoms with E-state index in [4.69, 9.17) is 4.74 Å². The van der Waals surface area contributed by atoms with E-state index < -0.39 is 33.9 Å². The monoisotopic (exact) mass is 625 g/mol. The van der Waals surface area contributed by atoms with E-state index in [1.165, 1.54) is 18.2 Å². The number of fused-ring (bicyclic) bond motifs is 1. The molecule has 0 saturated carbocycles. The van der Waals surface area contributed by atoms with Crippen LogP contribution in [0, 0.1) is 5.92 Å². The van der Waals surface area contributed by atoms with Crippen molar-refractivity contribution in [3.8, 4) is 5.75 Å². The van der Waals surface area contributed by atoms with Crippen LogP contribution in [0.3, 0.4) is 0 Å². The van der Waals surface area contributed by atoms with Crippen LogP contribution in [0.1, 0.15) is 30.5 Å². The van der Waals surface area contributed by atoms with Gasteiger partial charge in [0.1, 0.15) is 16.1 Å². The third kappa shape index (κ3) is 7.82. The number of aliphatic hydroxyl groups is 1. The maximum atomic E-state index is 13.4. The number of alkyl halides is 3. The maximum absolute atomic E-state index is 13.4. The van der Waals surface area contributed by atoms with E-state index >= 15 is 0 Å². The highest BCUT2D eigenvalue weighted by Crippen LogP contribution is 2.31. The normalized spacial score (nSPS) is 19.0. The third-order valence-corrected chi connectivity index (χ3v) is 9.93. The molecule has 4 rings (SSSR count). The van der Waals surface area contributed by atoms with Crippen LogP contribution in [0.2, 0.25) is 0 Å². The lowest BCUT2D eigenvalue weighted by Crippen LogP contribution is -2.47. The van der Waals surface area contributed by atoms with Crippen molar-refractivity contribution in [3.63, 3.8) is 0 Å². The van der Waals surface area contributed by atoms with Gasteiger partial charge in [0.25, 0.3) is 10.0 Å². The van der Waals surface area contributed by atoms with Crippen LogP contribution in [0.15, 0.2) is 64.2 Å². The molecule has 0 aliphatic carbocycles. The van der Waals surface area contributed by atoms with E-state index in [2.05, 4.69) is 4.72 Å². The Labute approximate surface area is 247 Å². The Hall–Kier alpha value is -3.13. The summed E-state index contributed by atoms with van der Waals surface area (Å²) in [6.07, 6.45) is -4.90. The molecule has 2 heterocycles. The van der Waals surface area contributed by atoms with Gasteiger partial charge in [-0.05, 0) is 61.3 Å². The van der Waals surface area contributed by atoms with Crippen LogP contribution in [-0.2, 0) is 34.0 Å². The molecule has 1 amide bonds. The first-order valence-electron chi connectivity index (χ1n) is 13.4. The number of likely N-dealkylation sites (N-methyl/N-ethyl adjacent to an activating group) is 1. The Balaban J connectivity index is 1.59. The number of rotatable bonds is 9. The molecule has 3 aromatic rings. The molecule has 0 radical (unpaired) electrons. The zero-order valence-corrected chi connectivity index (χ0v) is 25.1. The molecular weight excluding hydrogens is 591 g/mol. The number of carbonyl (C=O) groups is 1. The smallest absolute Gasteiger partial charge is 0.416 e. The van der Waals surface area contributed by atoms with Crippen molar-refractivity contribution < 1.29 is 36.2 Å². The predicted molar refractivity (Wildman–Crippen MR) is 155 cm³/mol. The lowest BCUT2D eigenvalue weighted by atomic mass is 10.0. The summed E-state index contributed by atoms with van der Waals surface area (Å²) in [5.74, 6) is 0.0203. The molecule has 0 saturated heterocycles. The second-order valence-corrected chi connectivity index (χ2v) is 13.5. The van der Waals surface area contributed by atoms with Crippen LogP contribution in [0.4, 0.5) is 18.9 Å². The van der Waals surface area contributed by atoms with Gasteiger partial charge in [0.15, 0.2) is 0 Å². The number of nitrogens with zero attached hydrogens (tertiary/aromatic N) is 2. The number of aliphatic hydroxyl groups excluding tert-OH is 1. The molecule has 228 valence electrons. The molecule has 2 aromatic carbocycles. The number of hydrogen-bond acceptors (Lipinski definition) is 7. The highest BCUT2D eigenvalue weighted by molar-refractivity contribution is 7.94. The summed E-state index contributed by atoms with van der Waals surface area (Å²) in [4.78, 5) is 17.0. The second kappa shape index (κ2) is 13.0. The molecule has 1 aliphatic rings. The van der Waals surface area contributed by atoms with Gasteiger partial charge in [-0.25, -0.2) is 8.42 Å². The SMILES string of the molecule is C[C@H](CO)N1C[C@H](C)[C@@H](CN(C)Cc2ccc(C(F)(F)F)cc2)Oc2ccc(NS(=O)(=O)c3cccs3)cc2CC1=O. The Morgan fingerprint density at radius 2 is 1.90 bits per heavy atom. The fourth-order valence-electron chi connectivity index (χ4n) is 4.82. The van der Waals surface area contributed by atoms with Crippen LogP contribution in [-0.4, -0.2) is 68.1 Å². The fourth-order valence-corrected chi connectivity index (χ4v) is 6.86. The molecule has 0 fully saturated rings. The number of nitrogens with one attached hydrogen (secondary N) is 1. The minimum Gasteiger partial charge on any atom is -0.488 e. The third-order valence-electron chi connectivity index (χ3n) is 7.15. The number of anilines is 1. The van der Waals surface area contributed by atoms with Crippen molar-refractivity contribution in [2.45, 2.75) is 49.3 Å². The Morgan fingerprint density at radius 1 is 1.19 bits per heavy atom. The number of halogens is 3. The lowest BCUT2D eigenvalue weighted by Gasteiger charge is -2.34. The highest BCUT2D eigenvalue weighted by atomic mass is 32.2. The first-order chi connectivity index (χ1) is 19.8. The average Bonchev–Trinajstić information content (AvgIpc) is 3.48. The largest absolute Gasteiger partial charge is 0.488 e. The molecule has 0 unspecified atom stereocenters. The topological polar surface area (TPSA) is 99.2 Å². The summed E-state index contributed by atoms with van der Waals surface area (Å²) in [5.41, 5.74) is 0.767. The number of hydrogen-bond donors (Lipinski definition) is 2. The van der Waals surface area contributed by atoms with E-state index in [0.29, 0.717) is 36.5 Å². The molecule has 1 aliphatic heterocycles. The van der Waals surface area contributed by atoms with Crippen molar-refractivity contribution >= 4 is 33.0 Å². The molecule has 2 N–H and O–H groups in total. The Bertz CT molecular complexity index is 1460. The van der Waals surface area contributed by atoms with Crippen molar-refractivity contribution in [2.75, 3.05) is 31.5 Å². The summed E-state index contributed by atoms with van der Waals surface area (Å²) >= 11 is 1.09. The van der Waals surface area contributed by atoms with Gasteiger partial charge in [-0.3, -0.25) is 14.4 Å². The lowest BCUT2D eigenvalue weighted by molar-refractivity contribution is -0.137. The zero-order chi connectivity index (χ0) is 30.7. The van der Waals surface area contributed by atoms with Crippen molar-refractivity contribution in [3.05, 3.63) is 76.7 Å². The van der Waals surface area contributed by atoms with Gasteiger partial charge in [0.05, 0.1) is 24.6 Å². The number of sulfonamides is 1. The van der Waals surface area contributed by atoms with Crippen LogP contribution in [0.5, 0.6) is 5.75 Å². The molecule has 13 heteroatoms. The molecule has 1 aromatic heterocycles. The summed E-state index contributed by atoms with van der Waals surface area (Å²) in [5, 5.41) is 11.5. The van der Waals surface area contributed by atoms with Crippen LogP contribution in [0.25, 0.3) is 0 Å². The van der Waals surface area contributed by atoms with E-state index in [1.807, 2.05) is 18.9 Å². The van der Waals surface area contributed by atoms with Gasteiger partial charge in [0.2, 0.25) is 5.91 Å². The van der Waals surface area contributed by atoms with Gasteiger partial charge in [-0.2, -0.15) is 13.2 Å². The standard InChI is InChI=1S/C29H34F3N3O5S2/c1-19-15-35(20(2)18-36)27(37)14-22-13-24(33-42(38,39)28-5-4-12-41-28)10-11-25(22)40-26(19)17-34(3)16-21-6-8-23(9-7-21)29(30,31)32/h4-13,19-20,26,33,36H,14-18H2,1-3H3/t19-,20+,26+/m0/s1. The number of amides is 1. The number of benzene rings is 2. The highest BCUT2D eigenvalue weighted by Gasteiger charge is 2.32. The van der Waals surface area contributed by atoms with Gasteiger partial charge >= 0.3 is 6.18 Å². The van der Waals surface area contributed by atoms with Crippen molar-refractivity contribution in [2.24, 2.45) is 5.92 Å². The van der Waals surface area contributed by atoms with Crippen LogP contribution >= 0.6 is 11.3 Å². The fraction of sp³-hybridized carbons (Fsp3) is 0.414. The van der Waals surface area contributed by atoms with Gasteiger partial charge < -0.3 is 14.7 Å². The maximum Gasteiger partial charge on any atom is 0.416 e. The summed E-state index contributed by atoms with van der Waals surface area (Å²) in [7, 11) is -1.97.